The van der Waals surface area contributed by atoms with Crippen molar-refractivity contribution >= 4 is 11.9 Å². The number of hydroxylamine groups is 2. The van der Waals surface area contributed by atoms with Crippen molar-refractivity contribution in [2.75, 3.05) is 0 Å². The van der Waals surface area contributed by atoms with Crippen molar-refractivity contribution < 1.29 is 24.3 Å². The monoisotopic (exact) mass is 441 g/mol. The molecule has 0 unspecified atom stereocenters. The van der Waals surface area contributed by atoms with Crippen molar-refractivity contribution in [3.05, 3.63) is 4.91 Å². The Labute approximate surface area is 185 Å². The van der Waals surface area contributed by atoms with E-state index in [2.05, 4.69) is 5.29 Å². The van der Waals surface area contributed by atoms with Crippen molar-refractivity contribution in [2.24, 2.45) is 5.29 Å². The van der Waals surface area contributed by atoms with Gasteiger partial charge in [-0.2, -0.15) is 5.06 Å². The number of hydrogen-bond donors (Lipinski definition) is 1. The Balaban J connectivity index is 1.85. The molecule has 2 rings (SSSR count). The lowest BCUT2D eigenvalue weighted by Crippen LogP contribution is -2.60. The first-order valence-corrected chi connectivity index (χ1v) is 11.0. The molecule has 0 aromatic rings. The van der Waals surface area contributed by atoms with Gasteiger partial charge in [-0.05, 0) is 55.4 Å². The topological polar surface area (TPSA) is 109 Å². The molecular weight excluding hydrogens is 402 g/mol. The van der Waals surface area contributed by atoms with Gasteiger partial charge in [-0.25, -0.2) is 5.01 Å². The smallest absolute Gasteiger partial charge is 0.306 e. The van der Waals surface area contributed by atoms with E-state index in [4.69, 9.17) is 9.47 Å². The highest BCUT2D eigenvalue weighted by molar-refractivity contribution is 5.77. The number of carbonyl (C=O) groups is 2. The second-order valence-electron chi connectivity index (χ2n) is 11.5. The molecule has 2 aliphatic heterocycles. The van der Waals surface area contributed by atoms with Crippen LogP contribution in [0.25, 0.3) is 0 Å². The Kier molecular flexibility index (Phi) is 7.12. The third-order valence-electron chi connectivity index (χ3n) is 6.41. The van der Waals surface area contributed by atoms with E-state index in [1.54, 1.807) is 0 Å². The molecule has 9 heteroatoms. The summed E-state index contributed by atoms with van der Waals surface area (Å²) in [5, 5.41) is 16.4. The number of carbonyl (C=O) groups excluding carboxylic acids is 2. The number of rotatable bonds is 6. The largest absolute Gasteiger partial charge is 0.462 e. The predicted molar refractivity (Wildman–Crippen MR) is 115 cm³/mol. The quantitative estimate of drug-likeness (QED) is 0.487. The van der Waals surface area contributed by atoms with Crippen LogP contribution in [-0.2, 0) is 19.1 Å². The highest BCUT2D eigenvalue weighted by Gasteiger charge is 2.48. The highest BCUT2D eigenvalue weighted by Crippen LogP contribution is 2.40. The summed E-state index contributed by atoms with van der Waals surface area (Å²) in [6.07, 6.45) is 1.22. The van der Waals surface area contributed by atoms with Gasteiger partial charge in [-0.15, -0.1) is 4.91 Å². The molecule has 31 heavy (non-hydrogen) atoms. The van der Waals surface area contributed by atoms with Gasteiger partial charge in [0.1, 0.15) is 12.2 Å². The Hall–Kier alpha value is -1.74. The third kappa shape index (κ3) is 5.94. The van der Waals surface area contributed by atoms with Crippen LogP contribution in [0.3, 0.4) is 0 Å². The second kappa shape index (κ2) is 8.65. The van der Waals surface area contributed by atoms with Crippen molar-refractivity contribution in [3.63, 3.8) is 0 Å². The average molecular weight is 442 g/mol. The van der Waals surface area contributed by atoms with Gasteiger partial charge in [-0.1, -0.05) is 0 Å². The Morgan fingerprint density at radius 2 is 1.10 bits per heavy atom. The van der Waals surface area contributed by atoms with Crippen molar-refractivity contribution in [1.29, 1.82) is 0 Å². The molecule has 0 amide bonds. The molecule has 178 valence electrons. The SMILES string of the molecule is CC1(C)CC(OC(=O)CCC(=O)OC2CC(C)(C)N(N=O)C(C)(C)C2)CC(C)(C)N1O. The molecule has 2 saturated heterocycles. The zero-order valence-corrected chi connectivity index (χ0v) is 20.2. The van der Waals surface area contributed by atoms with Gasteiger partial charge in [-0.3, -0.25) is 9.59 Å². The second-order valence-corrected chi connectivity index (χ2v) is 11.5. The van der Waals surface area contributed by atoms with Gasteiger partial charge in [0.15, 0.2) is 0 Å². The molecule has 9 nitrogen and oxygen atoms in total. The van der Waals surface area contributed by atoms with E-state index in [1.807, 2.05) is 55.4 Å². The van der Waals surface area contributed by atoms with Crippen molar-refractivity contribution in [1.82, 2.24) is 10.1 Å². The summed E-state index contributed by atoms with van der Waals surface area (Å²) in [5.74, 6) is -0.896. The molecule has 0 aromatic heterocycles. The fraction of sp³-hybridized carbons (Fsp3) is 0.909. The van der Waals surface area contributed by atoms with E-state index in [1.165, 1.54) is 10.1 Å². The molecule has 0 bridgehead atoms. The lowest BCUT2D eigenvalue weighted by molar-refractivity contribution is -0.259. The van der Waals surface area contributed by atoms with Gasteiger partial charge in [0, 0.05) is 36.8 Å². The molecule has 0 aromatic carbocycles. The van der Waals surface area contributed by atoms with Crippen LogP contribution >= 0.6 is 0 Å². The average Bonchev–Trinajstić information content (AvgIpc) is 2.55. The molecular formula is C22H39N3O6. The van der Waals surface area contributed by atoms with Crippen LogP contribution in [0, 0.1) is 4.91 Å². The van der Waals surface area contributed by atoms with Gasteiger partial charge in [0.2, 0.25) is 0 Å². The van der Waals surface area contributed by atoms with Gasteiger partial charge >= 0.3 is 11.9 Å². The Morgan fingerprint density at radius 3 is 1.42 bits per heavy atom. The van der Waals surface area contributed by atoms with Crippen molar-refractivity contribution in [3.8, 4) is 0 Å². The maximum atomic E-state index is 12.4. The molecule has 0 aliphatic carbocycles. The van der Waals surface area contributed by atoms with E-state index in [0.717, 1.165) is 0 Å². The van der Waals surface area contributed by atoms with Gasteiger partial charge in [0.25, 0.3) is 0 Å². The minimum atomic E-state index is -0.533. The fourth-order valence-corrected chi connectivity index (χ4v) is 5.44. The fourth-order valence-electron chi connectivity index (χ4n) is 5.44. The minimum absolute atomic E-state index is 0.0550. The summed E-state index contributed by atoms with van der Waals surface area (Å²) in [7, 11) is 0. The lowest BCUT2D eigenvalue weighted by Gasteiger charge is -2.51. The zero-order chi connectivity index (χ0) is 23.8. The third-order valence-corrected chi connectivity index (χ3v) is 6.41. The van der Waals surface area contributed by atoms with E-state index in [-0.39, 0.29) is 25.0 Å². The summed E-state index contributed by atoms with van der Waals surface area (Å²) in [6, 6.07) is 0. The van der Waals surface area contributed by atoms with Crippen LogP contribution in [0.15, 0.2) is 5.29 Å². The summed E-state index contributed by atoms with van der Waals surface area (Å²) in [6.45, 7) is 15.2. The van der Waals surface area contributed by atoms with Crippen LogP contribution in [0.4, 0.5) is 0 Å². The van der Waals surface area contributed by atoms with Crippen LogP contribution in [-0.4, -0.2) is 61.6 Å². The van der Waals surface area contributed by atoms with Crippen LogP contribution < -0.4 is 0 Å². The standard InChI is InChI=1S/C22H39N3O6/c1-19(2)11-15(12-20(3,4)24(19)23-28)30-17(26)9-10-18(27)31-16-13-21(5,6)25(29)22(7,8)14-16/h15-16,29H,9-14H2,1-8H3. The number of nitroso groups, excluding NO2 is 1. The minimum Gasteiger partial charge on any atom is -0.462 e. The first kappa shape index (κ1) is 25.5. The molecule has 0 spiro atoms. The van der Waals surface area contributed by atoms with Crippen molar-refractivity contribution in [2.45, 2.75) is 128 Å². The van der Waals surface area contributed by atoms with Crippen LogP contribution in [0.1, 0.15) is 93.9 Å². The van der Waals surface area contributed by atoms with Crippen LogP contribution in [0.2, 0.25) is 0 Å². The number of hydrogen-bond acceptors (Lipinski definition) is 8. The van der Waals surface area contributed by atoms with Gasteiger partial charge in [0.05, 0.1) is 29.2 Å². The molecule has 0 saturated carbocycles. The molecule has 2 aliphatic rings. The maximum Gasteiger partial charge on any atom is 0.306 e. The van der Waals surface area contributed by atoms with Gasteiger partial charge < -0.3 is 14.7 Å². The molecule has 0 atom stereocenters. The lowest BCUT2D eigenvalue weighted by atomic mass is 9.80. The summed E-state index contributed by atoms with van der Waals surface area (Å²) >= 11 is 0. The van der Waals surface area contributed by atoms with E-state index in [0.29, 0.717) is 25.7 Å². The normalized spacial score (nSPS) is 25.6. The predicted octanol–water partition coefficient (Wildman–Crippen LogP) is 3.97. The summed E-state index contributed by atoms with van der Waals surface area (Å²) in [5.41, 5.74) is -2.10. The molecule has 1 N–H and O–H groups in total. The highest BCUT2D eigenvalue weighted by atomic mass is 16.6. The maximum absolute atomic E-state index is 12.4. The van der Waals surface area contributed by atoms with E-state index in [9.17, 15) is 19.7 Å². The number of nitrogens with zero attached hydrogens (tertiary/aromatic N) is 3. The molecule has 2 heterocycles. The van der Waals surface area contributed by atoms with Crippen LogP contribution in [0.5, 0.6) is 0 Å². The molecule has 0 radical (unpaired) electrons. The first-order chi connectivity index (χ1) is 14.0. The zero-order valence-electron chi connectivity index (χ0n) is 20.2. The Bertz CT molecular complexity index is 667. The molecule has 2 fully saturated rings. The first-order valence-electron chi connectivity index (χ1n) is 11.0. The number of esters is 2. The summed E-state index contributed by atoms with van der Waals surface area (Å²) < 4.78 is 11.2. The van der Waals surface area contributed by atoms with E-state index >= 15 is 0 Å². The number of ether oxygens (including phenoxy) is 2. The summed E-state index contributed by atoms with van der Waals surface area (Å²) in [4.78, 5) is 36.0. The Morgan fingerprint density at radius 1 is 0.774 bits per heavy atom. The van der Waals surface area contributed by atoms with E-state index < -0.39 is 34.1 Å². The number of piperidine rings is 2.